The highest BCUT2D eigenvalue weighted by molar-refractivity contribution is 4.83. The van der Waals surface area contributed by atoms with Crippen LogP contribution >= 0.6 is 0 Å². The largest absolute Gasteiger partial charge is 0.396 e. The molecule has 0 aliphatic rings. The Morgan fingerprint density at radius 1 is 0.373 bits per heavy atom. The van der Waals surface area contributed by atoms with Gasteiger partial charge in [-0.25, -0.2) is 0 Å². The highest BCUT2D eigenvalue weighted by atomic mass is 16.6. The van der Waals surface area contributed by atoms with Crippen molar-refractivity contribution >= 4 is 0 Å². The molecule has 0 aromatic carbocycles. The molecule has 0 spiro atoms. The minimum absolute atomic E-state index is 0.00724. The summed E-state index contributed by atoms with van der Waals surface area (Å²) in [6.45, 7) is 13.5. The van der Waals surface area contributed by atoms with Gasteiger partial charge in [0.1, 0.15) is 54.9 Å². The fourth-order valence-electron chi connectivity index (χ4n) is 6.64. The summed E-state index contributed by atoms with van der Waals surface area (Å²) in [4.78, 5) is 0. The van der Waals surface area contributed by atoms with Crippen molar-refractivity contribution in [1.82, 2.24) is 0 Å². The van der Waals surface area contributed by atoms with E-state index < -0.39 is 86.5 Å². The van der Waals surface area contributed by atoms with E-state index in [-0.39, 0.29) is 163 Å². The van der Waals surface area contributed by atoms with E-state index in [0.29, 0.717) is 19.6 Å². The Bertz CT molecular complexity index is 1230. The van der Waals surface area contributed by atoms with Gasteiger partial charge in [-0.05, 0) is 46.0 Å². The van der Waals surface area contributed by atoms with Crippen LogP contribution in [0.25, 0.3) is 0 Å². The first-order chi connectivity index (χ1) is 36.0. The number of ether oxygens (including phenoxy) is 15. The zero-order valence-electron chi connectivity index (χ0n) is 46.8. The summed E-state index contributed by atoms with van der Waals surface area (Å²) in [5.41, 5.74) is -1.04. The van der Waals surface area contributed by atoms with E-state index in [1.165, 1.54) is 0 Å². The zero-order valence-corrected chi connectivity index (χ0v) is 46.8. The Kier molecular flexibility index (Phi) is 47.2. The molecule has 0 heterocycles. The van der Waals surface area contributed by atoms with Gasteiger partial charge in [0.15, 0.2) is 0 Å². The van der Waals surface area contributed by atoms with Crippen LogP contribution < -0.4 is 0 Å². The third-order valence-corrected chi connectivity index (χ3v) is 11.1. The molecule has 0 aliphatic carbocycles. The van der Waals surface area contributed by atoms with Crippen LogP contribution in [0.4, 0.5) is 0 Å². The van der Waals surface area contributed by atoms with Crippen LogP contribution in [0.5, 0.6) is 0 Å². The molecule has 0 rings (SSSR count). The second-order valence-electron chi connectivity index (χ2n) is 19.8. The fourth-order valence-corrected chi connectivity index (χ4v) is 6.64. The topological polar surface area (TPSA) is 321 Å². The highest BCUT2D eigenvalue weighted by Crippen LogP contribution is 2.24. The fraction of sp³-hybridized carbons (Fsp3) is 1.00. The van der Waals surface area contributed by atoms with Crippen molar-refractivity contribution in [2.75, 3.05) is 179 Å². The van der Waals surface area contributed by atoms with Crippen LogP contribution in [0.3, 0.4) is 0 Å². The molecule has 0 radical (unpaired) electrons. The van der Waals surface area contributed by atoms with E-state index in [0.717, 1.165) is 0 Å². The summed E-state index contributed by atoms with van der Waals surface area (Å²) >= 11 is 0. The van der Waals surface area contributed by atoms with Gasteiger partial charge in [0.05, 0.1) is 170 Å². The van der Waals surface area contributed by atoms with E-state index in [9.17, 15) is 46.0 Å². The number of rotatable bonds is 56. The Labute approximate surface area is 447 Å². The second kappa shape index (κ2) is 47.8. The summed E-state index contributed by atoms with van der Waals surface area (Å²) < 4.78 is 88.3. The average Bonchev–Trinajstić information content (AvgIpc) is 3.38. The first kappa shape index (κ1) is 74.0. The molecule has 452 valence electrons. The number of methoxy groups -OCH3 is 1. The zero-order chi connectivity index (χ0) is 56.3. The minimum atomic E-state index is -1.04. The summed E-state index contributed by atoms with van der Waals surface area (Å²) in [7, 11) is 1.54. The lowest BCUT2D eigenvalue weighted by atomic mass is 9.99. The van der Waals surface area contributed by atoms with Crippen LogP contribution in [0, 0.1) is 17.8 Å². The molecule has 24 nitrogen and oxygen atoms in total. The molecular formula is C51H104O24. The van der Waals surface area contributed by atoms with Crippen LogP contribution in [0.1, 0.15) is 61.8 Å². The smallest absolute Gasteiger partial charge is 0.109 e. The Morgan fingerprint density at radius 2 is 0.800 bits per heavy atom. The maximum Gasteiger partial charge on any atom is 0.109 e. The first-order valence-electron chi connectivity index (χ1n) is 26.5. The van der Waals surface area contributed by atoms with Crippen molar-refractivity contribution in [2.45, 2.75) is 135 Å². The van der Waals surface area contributed by atoms with E-state index in [1.807, 2.05) is 41.5 Å². The molecular weight excluding hydrogens is 997 g/mol. The van der Waals surface area contributed by atoms with Crippen molar-refractivity contribution in [3.63, 3.8) is 0 Å². The lowest BCUT2D eigenvalue weighted by Gasteiger charge is -2.38. The van der Waals surface area contributed by atoms with Gasteiger partial charge in [-0.2, -0.15) is 0 Å². The average molecular weight is 1100 g/mol. The predicted molar refractivity (Wildman–Crippen MR) is 274 cm³/mol. The van der Waals surface area contributed by atoms with Gasteiger partial charge in [-0.3, -0.25) is 0 Å². The Hall–Kier alpha value is -0.960. The Morgan fingerprint density at radius 3 is 1.24 bits per heavy atom. The van der Waals surface area contributed by atoms with Crippen molar-refractivity contribution in [3.8, 4) is 0 Å². The van der Waals surface area contributed by atoms with Crippen LogP contribution in [0.2, 0.25) is 0 Å². The molecule has 0 fully saturated rings. The molecule has 0 amide bonds. The molecule has 0 aromatic heterocycles. The van der Waals surface area contributed by atoms with E-state index in [1.54, 1.807) is 21.0 Å². The molecule has 0 saturated carbocycles. The van der Waals surface area contributed by atoms with Gasteiger partial charge in [0.2, 0.25) is 0 Å². The molecule has 0 aliphatic heterocycles. The molecule has 24 heteroatoms. The molecule has 0 saturated heterocycles. The quantitative estimate of drug-likeness (QED) is 0.0330. The van der Waals surface area contributed by atoms with Gasteiger partial charge in [0.25, 0.3) is 0 Å². The van der Waals surface area contributed by atoms with Crippen LogP contribution in [0.15, 0.2) is 0 Å². The number of aliphatic hydroxyl groups excluding tert-OH is 9. The van der Waals surface area contributed by atoms with Crippen molar-refractivity contribution in [1.29, 1.82) is 0 Å². The standard InChI is InChI=1S/C51H104O24/c1-37(2)23-68-42(17-55)27-64-29-46(66-12-10-11-52)34-72-47(30-63-26-41(16-54)67-14-13-62-25-40(15-53)24-61-9)35-70-43(18-56)28-65-31-48(71-32-44(19-57)69-33-45(20-58)74-39(5)6)36-73-50(22-60)51(7,8)75-49(21-59)38(3)4/h37-50,52-60H,10-36H2,1-9H3. The molecule has 11 atom stereocenters. The second-order valence-corrected chi connectivity index (χ2v) is 19.8. The molecule has 75 heavy (non-hydrogen) atoms. The SMILES string of the molecule is COCC(CO)COCCOC(CO)COCC(COC(CO)COCC(COC(CO)C(C)(C)OC(CO)C(C)C)OCC(CO)OCC(CO)OC(C)C)OCC(COCC(CO)OCC(C)C)OCCCO. The molecule has 11 unspecified atom stereocenters. The number of hydrogen-bond acceptors (Lipinski definition) is 24. The number of hydrogen-bond donors (Lipinski definition) is 9. The third kappa shape index (κ3) is 38.3. The van der Waals surface area contributed by atoms with Gasteiger partial charge in [0, 0.05) is 32.8 Å². The van der Waals surface area contributed by atoms with Gasteiger partial charge in [-0.1, -0.05) is 27.7 Å². The van der Waals surface area contributed by atoms with Gasteiger partial charge >= 0.3 is 0 Å². The highest BCUT2D eigenvalue weighted by Gasteiger charge is 2.35. The van der Waals surface area contributed by atoms with Crippen molar-refractivity contribution < 1.29 is 117 Å². The molecule has 0 bridgehead atoms. The van der Waals surface area contributed by atoms with Crippen LogP contribution in [-0.4, -0.2) is 298 Å². The lowest BCUT2D eigenvalue weighted by Crippen LogP contribution is -2.48. The maximum absolute atomic E-state index is 10.4. The van der Waals surface area contributed by atoms with E-state index >= 15 is 0 Å². The van der Waals surface area contributed by atoms with E-state index in [2.05, 4.69) is 0 Å². The normalized spacial score (nSPS) is 17.1. The predicted octanol–water partition coefficient (Wildman–Crippen LogP) is -1.01. The lowest BCUT2D eigenvalue weighted by molar-refractivity contribution is -0.196. The molecule has 0 aromatic rings. The summed E-state index contributed by atoms with van der Waals surface area (Å²) in [5, 5.41) is 89.4. The summed E-state index contributed by atoms with van der Waals surface area (Å²) in [6, 6.07) is 0. The van der Waals surface area contributed by atoms with Crippen molar-refractivity contribution in [3.05, 3.63) is 0 Å². The maximum atomic E-state index is 10.4. The van der Waals surface area contributed by atoms with Crippen LogP contribution in [-0.2, 0) is 71.1 Å². The summed E-state index contributed by atoms with van der Waals surface area (Å²) in [6.07, 6.45) is -6.92. The monoisotopic (exact) mass is 1100 g/mol. The minimum Gasteiger partial charge on any atom is -0.396 e. The molecule has 9 N–H and O–H groups in total. The third-order valence-electron chi connectivity index (χ3n) is 11.1. The summed E-state index contributed by atoms with van der Waals surface area (Å²) in [5.74, 6) is 0.0613. The van der Waals surface area contributed by atoms with Crippen molar-refractivity contribution in [2.24, 2.45) is 17.8 Å². The van der Waals surface area contributed by atoms with Gasteiger partial charge < -0.3 is 117 Å². The van der Waals surface area contributed by atoms with E-state index in [4.69, 9.17) is 71.1 Å². The Balaban J connectivity index is 6.12. The first-order valence-corrected chi connectivity index (χ1v) is 26.5. The van der Waals surface area contributed by atoms with Gasteiger partial charge in [-0.15, -0.1) is 0 Å². The number of aliphatic hydroxyl groups is 9.